The van der Waals surface area contributed by atoms with Crippen LogP contribution in [0.4, 0.5) is 9.52 Å². The molecule has 0 saturated carbocycles. The number of carbonyl (C=O) groups excluding carboxylic acids is 1. The molecule has 0 unspecified atom stereocenters. The number of thiazole rings is 1. The number of halogens is 2. The Bertz CT molecular complexity index is 1160. The first kappa shape index (κ1) is 17.4. The summed E-state index contributed by atoms with van der Waals surface area (Å²) in [7, 11) is 1.50. The molecule has 1 N–H and O–H groups in total. The number of hydrogen-bond donors (Lipinski definition) is 1. The van der Waals surface area contributed by atoms with Crippen LogP contribution in [0.3, 0.4) is 0 Å². The minimum atomic E-state index is -0.476. The van der Waals surface area contributed by atoms with Crippen molar-refractivity contribution in [1.29, 1.82) is 0 Å². The number of fused-ring (bicyclic) bond motifs is 1. The van der Waals surface area contributed by atoms with E-state index in [1.165, 1.54) is 41.2 Å². The molecule has 4 aromatic rings. The second kappa shape index (κ2) is 6.98. The van der Waals surface area contributed by atoms with Gasteiger partial charge in [0.1, 0.15) is 11.6 Å². The van der Waals surface area contributed by atoms with Gasteiger partial charge in [0.15, 0.2) is 10.8 Å². The van der Waals surface area contributed by atoms with Gasteiger partial charge in [-0.25, -0.2) is 13.9 Å². The third-order valence-electron chi connectivity index (χ3n) is 3.86. The molecule has 0 aliphatic carbocycles. The van der Waals surface area contributed by atoms with E-state index in [1.807, 2.05) is 6.07 Å². The van der Waals surface area contributed by atoms with Crippen LogP contribution in [0.15, 0.2) is 48.0 Å². The average molecular weight is 403 g/mol. The SMILES string of the molecule is COc1ccc(F)cc1-c1csc(NC(=O)c2nn3ccccc3c2Cl)n1. The molecule has 0 aliphatic heterocycles. The molecule has 0 spiro atoms. The Kier molecular flexibility index (Phi) is 4.51. The lowest BCUT2D eigenvalue weighted by Gasteiger charge is -2.05. The molecule has 0 fully saturated rings. The molecule has 1 aromatic carbocycles. The number of nitrogens with one attached hydrogen (secondary N) is 1. The quantitative estimate of drug-likeness (QED) is 0.545. The number of carbonyl (C=O) groups is 1. The fourth-order valence-corrected chi connectivity index (χ4v) is 3.58. The highest BCUT2D eigenvalue weighted by Crippen LogP contribution is 2.33. The largest absolute Gasteiger partial charge is 0.496 e. The lowest BCUT2D eigenvalue weighted by Crippen LogP contribution is -2.13. The van der Waals surface area contributed by atoms with Gasteiger partial charge in [0.05, 0.1) is 23.3 Å². The third-order valence-corrected chi connectivity index (χ3v) is 4.99. The number of benzene rings is 1. The van der Waals surface area contributed by atoms with Gasteiger partial charge in [-0.1, -0.05) is 17.7 Å². The number of ether oxygens (including phenoxy) is 1. The Morgan fingerprint density at radius 1 is 1.33 bits per heavy atom. The van der Waals surface area contributed by atoms with E-state index in [9.17, 15) is 9.18 Å². The summed E-state index contributed by atoms with van der Waals surface area (Å²) in [5.41, 5.74) is 1.73. The number of hydrogen-bond acceptors (Lipinski definition) is 5. The number of pyridine rings is 1. The summed E-state index contributed by atoms with van der Waals surface area (Å²) in [6.07, 6.45) is 1.70. The highest BCUT2D eigenvalue weighted by molar-refractivity contribution is 7.14. The Hall–Kier alpha value is -2.97. The molecule has 0 radical (unpaired) electrons. The van der Waals surface area contributed by atoms with Crippen LogP contribution in [0.25, 0.3) is 16.8 Å². The molecule has 0 saturated heterocycles. The summed E-state index contributed by atoms with van der Waals surface area (Å²) < 4.78 is 20.4. The fraction of sp³-hybridized carbons (Fsp3) is 0.0556. The van der Waals surface area contributed by atoms with Crippen molar-refractivity contribution in [2.75, 3.05) is 12.4 Å². The van der Waals surface area contributed by atoms with E-state index in [-0.39, 0.29) is 10.7 Å². The van der Waals surface area contributed by atoms with Gasteiger partial charge in [0.25, 0.3) is 5.91 Å². The first-order valence-electron chi connectivity index (χ1n) is 7.80. The van der Waals surface area contributed by atoms with E-state index in [4.69, 9.17) is 16.3 Å². The van der Waals surface area contributed by atoms with Crippen LogP contribution in [0.1, 0.15) is 10.5 Å². The first-order valence-corrected chi connectivity index (χ1v) is 9.06. The number of amides is 1. The molecule has 0 aliphatic rings. The number of aromatic nitrogens is 3. The summed E-state index contributed by atoms with van der Waals surface area (Å²) in [5.74, 6) is -0.389. The highest BCUT2D eigenvalue weighted by atomic mass is 35.5. The molecule has 27 heavy (non-hydrogen) atoms. The number of methoxy groups -OCH3 is 1. The molecule has 3 aromatic heterocycles. The smallest absolute Gasteiger partial charge is 0.279 e. The van der Waals surface area contributed by atoms with Gasteiger partial charge in [-0.3, -0.25) is 10.1 Å². The molecule has 9 heteroatoms. The Labute approximate surface area is 162 Å². The predicted molar refractivity (Wildman–Crippen MR) is 102 cm³/mol. The molecule has 136 valence electrons. The van der Waals surface area contributed by atoms with Gasteiger partial charge in [-0.2, -0.15) is 5.10 Å². The van der Waals surface area contributed by atoms with Crippen molar-refractivity contribution in [2.24, 2.45) is 0 Å². The van der Waals surface area contributed by atoms with E-state index in [0.29, 0.717) is 27.7 Å². The zero-order valence-corrected chi connectivity index (χ0v) is 15.5. The second-order valence-corrected chi connectivity index (χ2v) is 6.77. The highest BCUT2D eigenvalue weighted by Gasteiger charge is 2.19. The minimum absolute atomic E-state index is 0.1000. The van der Waals surface area contributed by atoms with Crippen molar-refractivity contribution in [2.45, 2.75) is 0 Å². The van der Waals surface area contributed by atoms with Gasteiger partial charge in [-0.15, -0.1) is 11.3 Å². The van der Waals surface area contributed by atoms with Gasteiger partial charge in [-0.05, 0) is 30.3 Å². The number of nitrogens with zero attached hydrogens (tertiary/aromatic N) is 3. The van der Waals surface area contributed by atoms with Crippen molar-refractivity contribution in [3.8, 4) is 17.0 Å². The molecule has 0 atom stereocenters. The lowest BCUT2D eigenvalue weighted by atomic mass is 10.1. The van der Waals surface area contributed by atoms with Gasteiger partial charge >= 0.3 is 0 Å². The Morgan fingerprint density at radius 2 is 2.19 bits per heavy atom. The van der Waals surface area contributed by atoms with Crippen molar-refractivity contribution in [3.63, 3.8) is 0 Å². The van der Waals surface area contributed by atoms with Crippen LogP contribution in [0.5, 0.6) is 5.75 Å². The van der Waals surface area contributed by atoms with Crippen LogP contribution in [0.2, 0.25) is 5.02 Å². The third kappa shape index (κ3) is 3.24. The number of rotatable bonds is 4. The van der Waals surface area contributed by atoms with Crippen molar-refractivity contribution >= 4 is 39.5 Å². The standard InChI is InChI=1S/C18H12ClFN4O2S/c1-26-14-6-5-10(20)8-11(14)12-9-27-18(21-12)22-17(25)16-15(19)13-4-2-3-7-24(13)23-16/h2-9H,1H3,(H,21,22,25). The van der Waals surface area contributed by atoms with E-state index in [0.717, 1.165) is 0 Å². The number of anilines is 1. The lowest BCUT2D eigenvalue weighted by molar-refractivity contribution is 0.102. The summed E-state index contributed by atoms with van der Waals surface area (Å²) in [6, 6.07) is 9.53. The summed E-state index contributed by atoms with van der Waals surface area (Å²) in [4.78, 5) is 16.9. The maximum Gasteiger partial charge on any atom is 0.279 e. The fourth-order valence-electron chi connectivity index (χ4n) is 2.61. The zero-order chi connectivity index (χ0) is 19.0. The molecule has 4 rings (SSSR count). The van der Waals surface area contributed by atoms with E-state index in [1.54, 1.807) is 23.7 Å². The topological polar surface area (TPSA) is 68.5 Å². The van der Waals surface area contributed by atoms with Crippen LogP contribution < -0.4 is 10.1 Å². The van der Waals surface area contributed by atoms with Gasteiger partial charge < -0.3 is 4.74 Å². The monoisotopic (exact) mass is 402 g/mol. The maximum absolute atomic E-state index is 13.6. The Balaban J connectivity index is 1.62. The molecular weight excluding hydrogens is 391 g/mol. The minimum Gasteiger partial charge on any atom is -0.496 e. The maximum atomic E-state index is 13.6. The van der Waals surface area contributed by atoms with E-state index < -0.39 is 11.7 Å². The molecule has 1 amide bonds. The van der Waals surface area contributed by atoms with Crippen molar-refractivity contribution < 1.29 is 13.9 Å². The van der Waals surface area contributed by atoms with Crippen molar-refractivity contribution in [1.82, 2.24) is 14.6 Å². The second-order valence-electron chi connectivity index (χ2n) is 5.53. The molecule has 3 heterocycles. The summed E-state index contributed by atoms with van der Waals surface area (Å²) in [5, 5.41) is 9.18. The van der Waals surface area contributed by atoms with E-state index in [2.05, 4.69) is 15.4 Å². The van der Waals surface area contributed by atoms with Crippen LogP contribution in [0, 0.1) is 5.82 Å². The average Bonchev–Trinajstić information content (AvgIpc) is 3.27. The molecule has 0 bridgehead atoms. The van der Waals surface area contributed by atoms with Crippen LogP contribution in [-0.4, -0.2) is 27.6 Å². The van der Waals surface area contributed by atoms with Gasteiger partial charge in [0.2, 0.25) is 0 Å². The zero-order valence-electron chi connectivity index (χ0n) is 13.9. The normalized spacial score (nSPS) is 10.9. The summed E-state index contributed by atoms with van der Waals surface area (Å²) >= 11 is 7.46. The molecular formula is C18H12ClFN4O2S. The van der Waals surface area contributed by atoms with Crippen LogP contribution in [-0.2, 0) is 0 Å². The Morgan fingerprint density at radius 3 is 2.96 bits per heavy atom. The van der Waals surface area contributed by atoms with Crippen LogP contribution >= 0.6 is 22.9 Å². The molecule has 6 nitrogen and oxygen atoms in total. The summed E-state index contributed by atoms with van der Waals surface area (Å²) in [6.45, 7) is 0. The van der Waals surface area contributed by atoms with E-state index >= 15 is 0 Å². The van der Waals surface area contributed by atoms with Gasteiger partial charge in [0, 0.05) is 17.1 Å². The first-order chi connectivity index (χ1) is 13.1. The predicted octanol–water partition coefficient (Wildman–Crippen LogP) is 4.51. The van der Waals surface area contributed by atoms with Crippen molar-refractivity contribution in [3.05, 3.63) is 64.5 Å².